The Labute approximate surface area is 122 Å². The lowest BCUT2D eigenvalue weighted by molar-refractivity contribution is 0.623. The third-order valence-electron chi connectivity index (χ3n) is 3.22. The van der Waals surface area contributed by atoms with Crippen molar-refractivity contribution < 1.29 is 4.39 Å². The molecule has 2 aromatic carbocycles. The molecule has 0 aliphatic heterocycles. The topological polar surface area (TPSA) is 0 Å². The van der Waals surface area contributed by atoms with Crippen molar-refractivity contribution >= 4 is 0 Å². The van der Waals surface area contributed by atoms with Gasteiger partial charge in [-0.2, -0.15) is 0 Å². The van der Waals surface area contributed by atoms with Gasteiger partial charge in [-0.3, -0.25) is 0 Å². The molecule has 0 bridgehead atoms. The Hall–Kier alpha value is -1.63. The van der Waals surface area contributed by atoms with Crippen LogP contribution in [0.4, 0.5) is 4.39 Å². The molecule has 0 saturated carbocycles. The highest BCUT2D eigenvalue weighted by atomic mass is 19.1. The standard InChI is InChI=1S/C10H14.C9H11F/c1-8(2)10-6-4-5-9(3)7-10;1-7(2)8-4-3-5-9(10)6-8/h4-8H,1-3H3;3-7H,1-2H3. The monoisotopic (exact) mass is 272 g/mol. The summed E-state index contributed by atoms with van der Waals surface area (Å²) in [7, 11) is 0. The lowest BCUT2D eigenvalue weighted by Gasteiger charge is -2.04. The molecule has 0 amide bonds. The predicted octanol–water partition coefficient (Wildman–Crippen LogP) is 6.07. The summed E-state index contributed by atoms with van der Waals surface area (Å²) in [5.41, 5.74) is 3.84. The minimum absolute atomic E-state index is 0.147. The van der Waals surface area contributed by atoms with Gasteiger partial charge in [0.25, 0.3) is 0 Å². The Bertz CT molecular complexity index is 477. The molecule has 0 radical (unpaired) electrons. The smallest absolute Gasteiger partial charge is 0.123 e. The highest BCUT2D eigenvalue weighted by Gasteiger charge is 1.98. The Morgan fingerprint density at radius 3 is 1.60 bits per heavy atom. The van der Waals surface area contributed by atoms with Crippen molar-refractivity contribution in [3.05, 3.63) is 71.0 Å². The van der Waals surface area contributed by atoms with Crippen molar-refractivity contribution in [3.63, 3.8) is 0 Å². The average Bonchev–Trinajstić information content (AvgIpc) is 2.39. The number of rotatable bonds is 2. The van der Waals surface area contributed by atoms with Crippen molar-refractivity contribution in [3.8, 4) is 0 Å². The van der Waals surface area contributed by atoms with E-state index in [4.69, 9.17) is 0 Å². The van der Waals surface area contributed by atoms with E-state index in [9.17, 15) is 4.39 Å². The van der Waals surface area contributed by atoms with Gasteiger partial charge >= 0.3 is 0 Å². The zero-order valence-electron chi connectivity index (χ0n) is 13.2. The highest BCUT2D eigenvalue weighted by Crippen LogP contribution is 2.15. The first-order valence-corrected chi connectivity index (χ1v) is 7.22. The zero-order chi connectivity index (χ0) is 15.1. The van der Waals surface area contributed by atoms with Gasteiger partial charge in [-0.05, 0) is 42.0 Å². The van der Waals surface area contributed by atoms with Gasteiger partial charge in [-0.15, -0.1) is 0 Å². The molecule has 108 valence electrons. The fourth-order valence-corrected chi connectivity index (χ4v) is 1.89. The Morgan fingerprint density at radius 1 is 0.750 bits per heavy atom. The van der Waals surface area contributed by atoms with Crippen LogP contribution in [0.3, 0.4) is 0 Å². The van der Waals surface area contributed by atoms with Crippen LogP contribution in [-0.4, -0.2) is 0 Å². The van der Waals surface area contributed by atoms with Gasteiger partial charge in [0.2, 0.25) is 0 Å². The maximum Gasteiger partial charge on any atom is 0.123 e. The van der Waals surface area contributed by atoms with Gasteiger partial charge in [0.15, 0.2) is 0 Å². The third kappa shape index (κ3) is 5.56. The molecule has 20 heavy (non-hydrogen) atoms. The van der Waals surface area contributed by atoms with E-state index in [2.05, 4.69) is 58.9 Å². The Kier molecular flexibility index (Phi) is 6.44. The highest BCUT2D eigenvalue weighted by molar-refractivity contribution is 5.24. The second kappa shape index (κ2) is 7.84. The number of hydrogen-bond donors (Lipinski definition) is 0. The summed E-state index contributed by atoms with van der Waals surface area (Å²) >= 11 is 0. The van der Waals surface area contributed by atoms with Gasteiger partial charge in [0, 0.05) is 0 Å². The lowest BCUT2D eigenvalue weighted by Crippen LogP contribution is -1.86. The second-order valence-electron chi connectivity index (χ2n) is 5.78. The summed E-state index contributed by atoms with van der Waals surface area (Å²) in [6, 6.07) is 15.4. The van der Waals surface area contributed by atoms with E-state index in [-0.39, 0.29) is 5.82 Å². The maximum atomic E-state index is 12.5. The minimum atomic E-state index is -0.147. The summed E-state index contributed by atoms with van der Waals surface area (Å²) < 4.78 is 12.5. The summed E-state index contributed by atoms with van der Waals surface area (Å²) in [5, 5.41) is 0. The molecule has 0 atom stereocenters. The number of hydrogen-bond acceptors (Lipinski definition) is 0. The number of halogens is 1. The molecule has 0 saturated heterocycles. The first kappa shape index (κ1) is 16.4. The van der Waals surface area contributed by atoms with E-state index in [1.54, 1.807) is 12.1 Å². The average molecular weight is 272 g/mol. The molecule has 0 nitrogen and oxygen atoms in total. The first-order valence-electron chi connectivity index (χ1n) is 7.22. The molecule has 2 rings (SSSR count). The molecule has 0 spiro atoms. The van der Waals surface area contributed by atoms with Gasteiger partial charge in [0.1, 0.15) is 5.82 Å². The Balaban J connectivity index is 0.000000200. The normalized spacial score (nSPS) is 10.4. The van der Waals surface area contributed by atoms with Crippen LogP contribution in [0.15, 0.2) is 48.5 Å². The van der Waals surface area contributed by atoms with Gasteiger partial charge in [-0.25, -0.2) is 4.39 Å². The van der Waals surface area contributed by atoms with Crippen LogP contribution >= 0.6 is 0 Å². The van der Waals surface area contributed by atoms with Crippen LogP contribution in [-0.2, 0) is 0 Å². The van der Waals surface area contributed by atoms with Crippen molar-refractivity contribution in [2.45, 2.75) is 46.5 Å². The lowest BCUT2D eigenvalue weighted by atomic mass is 10.0. The summed E-state index contributed by atoms with van der Waals surface area (Å²) in [6.07, 6.45) is 0. The van der Waals surface area contributed by atoms with Crippen molar-refractivity contribution in [2.75, 3.05) is 0 Å². The molecule has 0 heterocycles. The zero-order valence-corrected chi connectivity index (χ0v) is 13.2. The molecule has 0 aliphatic rings. The van der Waals surface area contributed by atoms with E-state index in [0.29, 0.717) is 11.8 Å². The van der Waals surface area contributed by atoms with Crippen LogP contribution in [0.5, 0.6) is 0 Å². The molecule has 0 aliphatic carbocycles. The van der Waals surface area contributed by atoms with E-state index in [0.717, 1.165) is 5.56 Å². The summed E-state index contributed by atoms with van der Waals surface area (Å²) in [6.45, 7) is 10.7. The molecular weight excluding hydrogens is 247 g/mol. The number of benzene rings is 2. The maximum absolute atomic E-state index is 12.5. The fourth-order valence-electron chi connectivity index (χ4n) is 1.89. The van der Waals surface area contributed by atoms with Gasteiger partial charge in [-0.1, -0.05) is 69.7 Å². The van der Waals surface area contributed by atoms with Gasteiger partial charge < -0.3 is 0 Å². The predicted molar refractivity (Wildman–Crippen MR) is 85.8 cm³/mol. The molecule has 0 unspecified atom stereocenters. The quantitative estimate of drug-likeness (QED) is 0.622. The third-order valence-corrected chi connectivity index (χ3v) is 3.22. The van der Waals surface area contributed by atoms with E-state index in [1.807, 2.05) is 6.07 Å². The molecule has 0 N–H and O–H groups in total. The molecular formula is C19H25F. The van der Waals surface area contributed by atoms with Crippen molar-refractivity contribution in [1.29, 1.82) is 0 Å². The van der Waals surface area contributed by atoms with E-state index in [1.165, 1.54) is 17.2 Å². The van der Waals surface area contributed by atoms with E-state index < -0.39 is 0 Å². The largest absolute Gasteiger partial charge is 0.207 e. The molecule has 0 fully saturated rings. The molecule has 2 aromatic rings. The Morgan fingerprint density at radius 2 is 1.25 bits per heavy atom. The second-order valence-corrected chi connectivity index (χ2v) is 5.78. The fraction of sp³-hybridized carbons (Fsp3) is 0.368. The van der Waals surface area contributed by atoms with Gasteiger partial charge in [0.05, 0.1) is 0 Å². The number of aryl methyl sites for hydroxylation is 1. The van der Waals surface area contributed by atoms with Crippen LogP contribution in [0.25, 0.3) is 0 Å². The van der Waals surface area contributed by atoms with Crippen LogP contribution in [0.1, 0.15) is 56.2 Å². The first-order chi connectivity index (χ1) is 9.40. The summed E-state index contributed by atoms with van der Waals surface area (Å²) in [4.78, 5) is 0. The van der Waals surface area contributed by atoms with Crippen LogP contribution in [0.2, 0.25) is 0 Å². The minimum Gasteiger partial charge on any atom is -0.207 e. The van der Waals surface area contributed by atoms with Crippen LogP contribution in [0, 0.1) is 12.7 Å². The molecule has 0 aromatic heterocycles. The van der Waals surface area contributed by atoms with Crippen LogP contribution < -0.4 is 0 Å². The molecule has 1 heteroatoms. The SMILES string of the molecule is CC(C)c1cccc(F)c1.Cc1cccc(C(C)C)c1. The van der Waals surface area contributed by atoms with Crippen molar-refractivity contribution in [1.82, 2.24) is 0 Å². The van der Waals surface area contributed by atoms with E-state index >= 15 is 0 Å². The van der Waals surface area contributed by atoms with Crippen molar-refractivity contribution in [2.24, 2.45) is 0 Å². The summed E-state index contributed by atoms with van der Waals surface area (Å²) in [5.74, 6) is 0.918.